The van der Waals surface area contributed by atoms with Crippen LogP contribution < -0.4 is 0 Å². The topological polar surface area (TPSA) is 0 Å². The Morgan fingerprint density at radius 3 is 2.33 bits per heavy atom. The van der Waals surface area contributed by atoms with Gasteiger partial charge in [-0.15, -0.1) is 0 Å². The van der Waals surface area contributed by atoms with Crippen molar-refractivity contribution in [2.45, 2.75) is 11.6 Å². The Labute approximate surface area is 52.6 Å². The van der Waals surface area contributed by atoms with E-state index in [4.69, 9.17) is 0 Å². The van der Waals surface area contributed by atoms with Crippen LogP contribution in [0.3, 0.4) is 0 Å². The van der Waals surface area contributed by atoms with Crippen molar-refractivity contribution in [1.29, 1.82) is 0 Å². The molecule has 0 aromatic heterocycles. The van der Waals surface area contributed by atoms with Crippen molar-refractivity contribution in [1.82, 2.24) is 0 Å². The number of rotatable bonds is 2. The van der Waals surface area contributed by atoms with Gasteiger partial charge in [0, 0.05) is 0 Å². The van der Waals surface area contributed by atoms with Crippen LogP contribution in [0.15, 0.2) is 0 Å². The van der Waals surface area contributed by atoms with E-state index in [9.17, 15) is 0 Å². The van der Waals surface area contributed by atoms with Gasteiger partial charge in [0.15, 0.2) is 0 Å². The fourth-order valence-corrected chi connectivity index (χ4v) is 2.00. The van der Waals surface area contributed by atoms with Crippen LogP contribution in [-0.2, 0) is 0 Å². The standard InChI is InChI=1S/C4H11AsS/c1-4(5)3-6-2/h4H,3,5H2,1-2H3/t4-/m0/s1. The molecule has 0 aromatic carbocycles. The summed E-state index contributed by atoms with van der Waals surface area (Å²) in [6.07, 6.45) is 2.15. The van der Waals surface area contributed by atoms with Gasteiger partial charge in [0.2, 0.25) is 0 Å². The first kappa shape index (κ1) is 6.91. The van der Waals surface area contributed by atoms with Gasteiger partial charge in [0.1, 0.15) is 0 Å². The van der Waals surface area contributed by atoms with Gasteiger partial charge in [-0.3, -0.25) is 0 Å². The molecule has 1 unspecified atom stereocenters. The summed E-state index contributed by atoms with van der Waals surface area (Å²) in [5, 5.41) is 0. The van der Waals surface area contributed by atoms with Gasteiger partial charge in [-0.1, -0.05) is 0 Å². The fraction of sp³-hybridized carbons (Fsp3) is 1.00. The molecular formula is C4H11AsS. The molecule has 0 saturated carbocycles. The van der Waals surface area contributed by atoms with E-state index in [0.717, 1.165) is 4.71 Å². The quantitative estimate of drug-likeness (QED) is 0.546. The van der Waals surface area contributed by atoms with Gasteiger partial charge in [0.25, 0.3) is 0 Å². The molecule has 0 amide bonds. The molecule has 0 bridgehead atoms. The Morgan fingerprint density at radius 1 is 1.83 bits per heavy atom. The zero-order valence-corrected chi connectivity index (χ0v) is 7.51. The predicted octanol–water partition coefficient (Wildman–Crippen LogP) is 0.791. The minimum absolute atomic E-state index is 0.924. The van der Waals surface area contributed by atoms with E-state index in [0.29, 0.717) is 0 Å². The molecule has 0 saturated heterocycles. The summed E-state index contributed by atoms with van der Waals surface area (Å²) >= 11 is 3.76. The molecule has 0 aliphatic rings. The minimum atomic E-state index is 0.924. The summed E-state index contributed by atoms with van der Waals surface area (Å²) in [7, 11) is 0. The third kappa shape index (κ3) is 4.91. The van der Waals surface area contributed by atoms with E-state index >= 15 is 0 Å². The molecule has 0 aliphatic heterocycles. The van der Waals surface area contributed by atoms with E-state index in [1.165, 1.54) is 5.75 Å². The summed E-state index contributed by atoms with van der Waals surface area (Å²) in [6.45, 7) is 2.26. The van der Waals surface area contributed by atoms with Crippen molar-refractivity contribution in [3.8, 4) is 0 Å². The van der Waals surface area contributed by atoms with Crippen LogP contribution in [0.5, 0.6) is 0 Å². The third-order valence-corrected chi connectivity index (χ3v) is 2.50. The van der Waals surface area contributed by atoms with Crippen molar-refractivity contribution < 1.29 is 0 Å². The Bertz CT molecular complexity index is 28.7. The fourth-order valence-electron chi connectivity index (χ4n) is 0.263. The van der Waals surface area contributed by atoms with E-state index < -0.39 is 0 Å². The Morgan fingerprint density at radius 2 is 2.33 bits per heavy atom. The van der Waals surface area contributed by atoms with Gasteiger partial charge in [-0.25, -0.2) is 0 Å². The number of hydrogen-bond donors (Lipinski definition) is 0. The van der Waals surface area contributed by atoms with Crippen molar-refractivity contribution in [3.05, 3.63) is 0 Å². The summed E-state index contributed by atoms with van der Waals surface area (Å²) in [4.78, 5) is 0. The molecule has 0 radical (unpaired) electrons. The van der Waals surface area contributed by atoms with Crippen LogP contribution in [-0.4, -0.2) is 28.9 Å². The monoisotopic (exact) mass is 166 g/mol. The second-order valence-electron chi connectivity index (χ2n) is 1.43. The van der Waals surface area contributed by atoms with Gasteiger partial charge in [-0.2, -0.15) is 0 Å². The summed E-state index contributed by atoms with van der Waals surface area (Å²) in [5.74, 6) is 1.32. The van der Waals surface area contributed by atoms with Gasteiger partial charge >= 0.3 is 52.3 Å². The molecule has 0 fully saturated rings. The Balaban J connectivity index is 2.63. The van der Waals surface area contributed by atoms with Crippen molar-refractivity contribution in [3.63, 3.8) is 0 Å². The Hall–Kier alpha value is 0.908. The van der Waals surface area contributed by atoms with E-state index in [1.54, 1.807) is 0 Å². The van der Waals surface area contributed by atoms with Crippen LogP contribution in [0.25, 0.3) is 0 Å². The zero-order valence-electron chi connectivity index (χ0n) is 4.27. The molecule has 2 heteroatoms. The molecule has 0 spiro atoms. The molecule has 0 aliphatic carbocycles. The Kier molecular flexibility index (Phi) is 4.70. The third-order valence-electron chi connectivity index (χ3n) is 0.430. The molecule has 2 atom stereocenters. The van der Waals surface area contributed by atoms with Crippen LogP contribution >= 0.6 is 11.8 Å². The zero-order chi connectivity index (χ0) is 4.99. The molecule has 38 valence electrons. The van der Waals surface area contributed by atoms with Crippen molar-refractivity contribution >= 4 is 28.6 Å². The number of hydrogen-bond acceptors (Lipinski definition) is 1. The maximum absolute atomic E-state index is 2.26. The van der Waals surface area contributed by atoms with Crippen LogP contribution in [0.4, 0.5) is 0 Å². The first-order valence-corrected chi connectivity index (χ1v) is 4.81. The van der Waals surface area contributed by atoms with E-state index in [2.05, 4.69) is 13.2 Å². The summed E-state index contributed by atoms with van der Waals surface area (Å²) < 4.78 is 0.924. The van der Waals surface area contributed by atoms with Gasteiger partial charge < -0.3 is 0 Å². The van der Waals surface area contributed by atoms with Gasteiger partial charge in [-0.05, 0) is 0 Å². The molecular weight excluding hydrogens is 155 g/mol. The van der Waals surface area contributed by atoms with Crippen LogP contribution in [0.2, 0.25) is 4.71 Å². The number of thioether (sulfide) groups is 1. The predicted molar refractivity (Wildman–Crippen MR) is 36.3 cm³/mol. The van der Waals surface area contributed by atoms with E-state index in [-0.39, 0.29) is 0 Å². The van der Waals surface area contributed by atoms with Crippen molar-refractivity contribution in [2.24, 2.45) is 0 Å². The van der Waals surface area contributed by atoms with E-state index in [1.807, 2.05) is 28.6 Å². The normalized spacial score (nSPS) is 14.5. The van der Waals surface area contributed by atoms with Crippen LogP contribution in [0, 0.1) is 0 Å². The van der Waals surface area contributed by atoms with Gasteiger partial charge in [0.05, 0.1) is 0 Å². The first-order valence-electron chi connectivity index (χ1n) is 2.02. The summed E-state index contributed by atoms with van der Waals surface area (Å²) in [5.41, 5.74) is 0. The summed E-state index contributed by atoms with van der Waals surface area (Å²) in [6, 6.07) is 0. The molecule has 0 N–H and O–H groups in total. The SMILES string of the molecule is CSC[C@H](C)[AsH2]. The second-order valence-corrected chi connectivity index (χ2v) is 4.73. The molecule has 0 nitrogen and oxygen atoms in total. The second kappa shape index (κ2) is 4.08. The average Bonchev–Trinajstić information content (AvgIpc) is 1.35. The molecule has 0 aromatic rings. The average molecular weight is 166 g/mol. The maximum atomic E-state index is 2.26. The first-order chi connectivity index (χ1) is 2.77. The molecule has 0 heterocycles. The molecule has 0 rings (SSSR count). The van der Waals surface area contributed by atoms with Crippen molar-refractivity contribution in [2.75, 3.05) is 12.0 Å². The molecule has 6 heavy (non-hydrogen) atoms. The van der Waals surface area contributed by atoms with Crippen LogP contribution in [0.1, 0.15) is 6.92 Å².